The number of benzene rings is 1. The SMILES string of the molecule is CC(C)c1cccc2[nH]c(=O)oc12.[HH]. The smallest absolute Gasteiger partial charge is 0.408 e. The first-order valence-electron chi connectivity index (χ1n) is 4.30. The average Bonchev–Trinajstić information content (AvgIpc) is 2.43. The van der Waals surface area contributed by atoms with Gasteiger partial charge in [0.15, 0.2) is 5.58 Å². The Balaban J connectivity index is 0.000000980. The highest BCUT2D eigenvalue weighted by Gasteiger charge is 2.08. The first-order chi connectivity index (χ1) is 6.18. The third-order valence-electron chi connectivity index (χ3n) is 2.10. The fourth-order valence-corrected chi connectivity index (χ4v) is 1.45. The van der Waals surface area contributed by atoms with Gasteiger partial charge in [-0.1, -0.05) is 26.0 Å². The maximum absolute atomic E-state index is 10.9. The summed E-state index contributed by atoms with van der Waals surface area (Å²) in [6.07, 6.45) is 0. The summed E-state index contributed by atoms with van der Waals surface area (Å²) in [6.45, 7) is 4.14. The monoisotopic (exact) mass is 179 g/mol. The molecule has 3 nitrogen and oxygen atoms in total. The summed E-state index contributed by atoms with van der Waals surface area (Å²) in [5, 5.41) is 0. The Morgan fingerprint density at radius 3 is 2.92 bits per heavy atom. The van der Waals surface area contributed by atoms with Crippen molar-refractivity contribution in [2.24, 2.45) is 0 Å². The molecule has 2 rings (SSSR count). The summed E-state index contributed by atoms with van der Waals surface area (Å²) in [4.78, 5) is 13.6. The van der Waals surface area contributed by atoms with Crippen LogP contribution in [0.3, 0.4) is 0 Å². The van der Waals surface area contributed by atoms with Crippen molar-refractivity contribution in [1.29, 1.82) is 0 Å². The van der Waals surface area contributed by atoms with E-state index in [1.807, 2.05) is 18.2 Å². The van der Waals surface area contributed by atoms with Crippen molar-refractivity contribution in [1.82, 2.24) is 4.98 Å². The minimum Gasteiger partial charge on any atom is -0.408 e. The highest BCUT2D eigenvalue weighted by Crippen LogP contribution is 2.22. The van der Waals surface area contributed by atoms with Gasteiger partial charge in [0.1, 0.15) is 0 Å². The van der Waals surface area contributed by atoms with Gasteiger partial charge in [-0.05, 0) is 17.5 Å². The molecule has 0 aliphatic rings. The normalized spacial score (nSPS) is 11.3. The van der Waals surface area contributed by atoms with Gasteiger partial charge in [0, 0.05) is 1.43 Å². The number of aromatic nitrogens is 1. The van der Waals surface area contributed by atoms with Crippen LogP contribution in [-0.4, -0.2) is 4.98 Å². The van der Waals surface area contributed by atoms with E-state index in [0.717, 1.165) is 11.1 Å². The highest BCUT2D eigenvalue weighted by atomic mass is 16.4. The molecule has 0 saturated carbocycles. The molecule has 0 saturated heterocycles. The molecular weight excluding hydrogens is 166 g/mol. The van der Waals surface area contributed by atoms with Crippen LogP contribution in [0.5, 0.6) is 0 Å². The van der Waals surface area contributed by atoms with Gasteiger partial charge in [-0.2, -0.15) is 0 Å². The topological polar surface area (TPSA) is 46.0 Å². The van der Waals surface area contributed by atoms with Gasteiger partial charge < -0.3 is 4.42 Å². The number of nitrogens with one attached hydrogen (secondary N) is 1. The van der Waals surface area contributed by atoms with Gasteiger partial charge in [0.25, 0.3) is 0 Å². The minimum absolute atomic E-state index is 0. The lowest BCUT2D eigenvalue weighted by atomic mass is 10.0. The molecule has 13 heavy (non-hydrogen) atoms. The van der Waals surface area contributed by atoms with E-state index in [2.05, 4.69) is 18.8 Å². The summed E-state index contributed by atoms with van der Waals surface area (Å²) in [5.74, 6) is -0.0225. The summed E-state index contributed by atoms with van der Waals surface area (Å²) < 4.78 is 5.05. The standard InChI is InChI=1S/C10H11NO2.H2/c1-6(2)7-4-3-5-8-9(7)13-10(12)11-8;/h3-6H,1-2H3,(H,11,12);1H. The second-order valence-corrected chi connectivity index (χ2v) is 3.39. The summed E-state index contributed by atoms with van der Waals surface area (Å²) >= 11 is 0. The molecule has 0 radical (unpaired) electrons. The van der Waals surface area contributed by atoms with Crippen molar-refractivity contribution in [2.45, 2.75) is 19.8 Å². The van der Waals surface area contributed by atoms with E-state index in [1.54, 1.807) is 0 Å². The first kappa shape index (κ1) is 8.10. The second kappa shape index (κ2) is 2.76. The van der Waals surface area contributed by atoms with Crippen molar-refractivity contribution >= 4 is 11.1 Å². The van der Waals surface area contributed by atoms with Crippen LogP contribution in [0.4, 0.5) is 0 Å². The number of para-hydroxylation sites is 1. The zero-order valence-corrected chi connectivity index (χ0v) is 7.63. The Morgan fingerprint density at radius 2 is 2.23 bits per heavy atom. The minimum atomic E-state index is -0.386. The summed E-state index contributed by atoms with van der Waals surface area (Å²) in [5.41, 5.74) is 2.52. The van der Waals surface area contributed by atoms with E-state index < -0.39 is 0 Å². The first-order valence-corrected chi connectivity index (χ1v) is 4.30. The molecule has 70 valence electrons. The zero-order valence-electron chi connectivity index (χ0n) is 7.63. The van der Waals surface area contributed by atoms with Crippen molar-refractivity contribution in [3.63, 3.8) is 0 Å². The van der Waals surface area contributed by atoms with Crippen LogP contribution < -0.4 is 5.76 Å². The predicted molar refractivity (Wildman–Crippen MR) is 53.0 cm³/mol. The van der Waals surface area contributed by atoms with Crippen LogP contribution >= 0.6 is 0 Å². The number of hydrogen-bond acceptors (Lipinski definition) is 2. The number of oxazole rings is 1. The zero-order chi connectivity index (χ0) is 9.42. The average molecular weight is 179 g/mol. The third kappa shape index (κ3) is 1.26. The molecule has 0 bridgehead atoms. The van der Waals surface area contributed by atoms with Crippen LogP contribution in [0, 0.1) is 0 Å². The van der Waals surface area contributed by atoms with Crippen LogP contribution in [0.15, 0.2) is 27.4 Å². The van der Waals surface area contributed by atoms with Crippen molar-refractivity contribution < 1.29 is 5.84 Å². The van der Waals surface area contributed by atoms with Crippen molar-refractivity contribution in [3.8, 4) is 0 Å². The molecule has 0 atom stereocenters. The Hall–Kier alpha value is -1.51. The number of rotatable bonds is 1. The van der Waals surface area contributed by atoms with Crippen molar-refractivity contribution in [2.75, 3.05) is 0 Å². The summed E-state index contributed by atoms with van der Waals surface area (Å²) in [7, 11) is 0. The van der Waals surface area contributed by atoms with Gasteiger partial charge in [-0.3, -0.25) is 4.98 Å². The number of aromatic amines is 1. The molecule has 1 aromatic heterocycles. The quantitative estimate of drug-likeness (QED) is 0.731. The van der Waals surface area contributed by atoms with Crippen LogP contribution in [0.25, 0.3) is 11.1 Å². The van der Waals surface area contributed by atoms with Crippen molar-refractivity contribution in [3.05, 3.63) is 34.3 Å². The predicted octanol–water partition coefficient (Wildman–Crippen LogP) is 2.49. The largest absolute Gasteiger partial charge is 0.417 e. The molecule has 0 aliphatic heterocycles. The lowest BCUT2D eigenvalue weighted by Gasteiger charge is -2.03. The Bertz CT molecular complexity index is 484. The lowest BCUT2D eigenvalue weighted by Crippen LogP contribution is -1.92. The number of fused-ring (bicyclic) bond motifs is 1. The van der Waals surface area contributed by atoms with Gasteiger partial charge in [0.05, 0.1) is 5.52 Å². The fourth-order valence-electron chi connectivity index (χ4n) is 1.45. The van der Waals surface area contributed by atoms with Gasteiger partial charge >= 0.3 is 5.76 Å². The molecule has 3 heteroatoms. The Morgan fingerprint density at radius 1 is 1.46 bits per heavy atom. The van der Waals surface area contributed by atoms with E-state index >= 15 is 0 Å². The molecule has 0 unspecified atom stereocenters. The van der Waals surface area contributed by atoms with E-state index in [-0.39, 0.29) is 7.18 Å². The fraction of sp³-hybridized carbons (Fsp3) is 0.300. The molecule has 0 fully saturated rings. The van der Waals surface area contributed by atoms with Gasteiger partial charge in [-0.25, -0.2) is 4.79 Å². The second-order valence-electron chi connectivity index (χ2n) is 3.39. The molecule has 2 aromatic rings. The Labute approximate surface area is 76.9 Å². The van der Waals surface area contributed by atoms with Crippen LogP contribution in [-0.2, 0) is 0 Å². The third-order valence-corrected chi connectivity index (χ3v) is 2.10. The molecule has 1 heterocycles. The molecule has 0 amide bonds. The lowest BCUT2D eigenvalue weighted by molar-refractivity contribution is 0.550. The molecule has 0 aliphatic carbocycles. The molecule has 0 spiro atoms. The maximum atomic E-state index is 10.9. The van der Waals surface area contributed by atoms with E-state index in [1.165, 1.54) is 0 Å². The molecular formula is C10H13NO2. The Kier molecular flexibility index (Phi) is 1.72. The van der Waals surface area contributed by atoms with Crippen LogP contribution in [0.2, 0.25) is 0 Å². The van der Waals surface area contributed by atoms with Gasteiger partial charge in [-0.15, -0.1) is 0 Å². The molecule has 1 aromatic carbocycles. The van der Waals surface area contributed by atoms with Crippen LogP contribution in [0.1, 0.15) is 26.8 Å². The van der Waals surface area contributed by atoms with E-state index in [4.69, 9.17) is 4.42 Å². The number of H-pyrrole nitrogens is 1. The summed E-state index contributed by atoms with van der Waals surface area (Å²) in [6, 6.07) is 5.74. The number of hydrogen-bond donors (Lipinski definition) is 1. The molecule has 1 N–H and O–H groups in total. The highest BCUT2D eigenvalue weighted by molar-refractivity contribution is 5.76. The van der Waals surface area contributed by atoms with E-state index in [9.17, 15) is 4.79 Å². The maximum Gasteiger partial charge on any atom is 0.417 e. The van der Waals surface area contributed by atoms with E-state index in [0.29, 0.717) is 11.5 Å². The van der Waals surface area contributed by atoms with Gasteiger partial charge in [0.2, 0.25) is 0 Å².